The monoisotopic (exact) mass is 420 g/mol. The molecule has 3 N–H and O–H groups in total. The zero-order valence-corrected chi connectivity index (χ0v) is 19.5. The highest BCUT2D eigenvalue weighted by atomic mass is 16.4. The summed E-state index contributed by atoms with van der Waals surface area (Å²) in [6.45, 7) is 9.44. The topological polar surface area (TPSA) is 77.8 Å². The Morgan fingerprint density at radius 3 is 2.33 bits per heavy atom. The van der Waals surface area contributed by atoms with Crippen molar-refractivity contribution >= 4 is 5.97 Å². The van der Waals surface area contributed by atoms with Crippen LogP contribution in [-0.4, -0.2) is 33.5 Å². The van der Waals surface area contributed by atoms with Crippen LogP contribution in [0, 0.1) is 52.3 Å². The summed E-state index contributed by atoms with van der Waals surface area (Å²) >= 11 is 0. The average Bonchev–Trinajstić information content (AvgIpc) is 3.05. The summed E-state index contributed by atoms with van der Waals surface area (Å²) in [6.07, 6.45) is 9.27. The lowest BCUT2D eigenvalue weighted by Gasteiger charge is -2.64. The third-order valence-corrected chi connectivity index (χ3v) is 11.0. The van der Waals surface area contributed by atoms with Gasteiger partial charge in [0.1, 0.15) is 0 Å². The van der Waals surface area contributed by atoms with Gasteiger partial charge in [0.25, 0.3) is 0 Å². The highest BCUT2D eigenvalue weighted by Crippen LogP contribution is 2.69. The molecule has 4 heteroatoms. The lowest BCUT2D eigenvalue weighted by molar-refractivity contribution is -0.203. The van der Waals surface area contributed by atoms with Crippen LogP contribution in [0.15, 0.2) is 0 Å². The van der Waals surface area contributed by atoms with Crippen molar-refractivity contribution in [1.82, 2.24) is 0 Å². The molecule has 4 unspecified atom stereocenters. The van der Waals surface area contributed by atoms with E-state index in [1.165, 1.54) is 25.7 Å². The van der Waals surface area contributed by atoms with Crippen LogP contribution in [-0.2, 0) is 4.79 Å². The standard InChI is InChI=1S/C26H44O4/c1-5-17-21-14-16(27)10-12-26(21,4)20-11-13-25(3)18(15(2)6-9-22(28)29)7-8-19(25)23(20)24(17)30/h15-21,23-24,27,30H,5-14H2,1-4H3,(H,28,29)/t15-,16-,17-,18-,19?,20?,21+,23?,24-,25-,26?/m1/s1. The van der Waals surface area contributed by atoms with Crippen molar-refractivity contribution in [3.05, 3.63) is 0 Å². The fourth-order valence-corrected chi connectivity index (χ4v) is 9.48. The van der Waals surface area contributed by atoms with Crippen LogP contribution in [0.2, 0.25) is 0 Å². The molecule has 4 nitrogen and oxygen atoms in total. The fraction of sp³-hybridized carbons (Fsp3) is 0.962. The first-order chi connectivity index (χ1) is 14.1. The van der Waals surface area contributed by atoms with Crippen LogP contribution in [0.25, 0.3) is 0 Å². The summed E-state index contributed by atoms with van der Waals surface area (Å²) in [6, 6.07) is 0. The number of carbonyl (C=O) groups is 1. The van der Waals surface area contributed by atoms with Gasteiger partial charge < -0.3 is 15.3 Å². The molecule has 0 bridgehead atoms. The van der Waals surface area contributed by atoms with E-state index >= 15 is 0 Å². The van der Waals surface area contributed by atoms with Gasteiger partial charge in [-0.25, -0.2) is 0 Å². The largest absolute Gasteiger partial charge is 0.481 e. The Bertz CT molecular complexity index is 649. The van der Waals surface area contributed by atoms with E-state index in [9.17, 15) is 15.0 Å². The van der Waals surface area contributed by atoms with Crippen LogP contribution in [0.5, 0.6) is 0 Å². The maximum Gasteiger partial charge on any atom is 0.303 e. The second-order valence-electron chi connectivity index (χ2n) is 12.0. The minimum atomic E-state index is -0.683. The summed E-state index contributed by atoms with van der Waals surface area (Å²) in [4.78, 5) is 11.1. The Hall–Kier alpha value is -0.610. The van der Waals surface area contributed by atoms with Gasteiger partial charge in [0.2, 0.25) is 0 Å². The van der Waals surface area contributed by atoms with Crippen molar-refractivity contribution in [1.29, 1.82) is 0 Å². The first-order valence-corrected chi connectivity index (χ1v) is 12.7. The third kappa shape index (κ3) is 3.36. The maximum atomic E-state index is 11.7. The highest BCUT2D eigenvalue weighted by Gasteiger charge is 2.64. The summed E-state index contributed by atoms with van der Waals surface area (Å²) in [5.41, 5.74) is 0.480. The van der Waals surface area contributed by atoms with Crippen LogP contribution in [0.1, 0.15) is 91.9 Å². The van der Waals surface area contributed by atoms with Crippen molar-refractivity contribution < 1.29 is 20.1 Å². The molecule has 0 aromatic heterocycles. The molecule has 0 saturated heterocycles. The number of rotatable bonds is 5. The molecule has 0 aromatic rings. The van der Waals surface area contributed by atoms with Gasteiger partial charge >= 0.3 is 5.97 Å². The van der Waals surface area contributed by atoms with Crippen LogP contribution in [0.3, 0.4) is 0 Å². The van der Waals surface area contributed by atoms with E-state index in [2.05, 4.69) is 27.7 Å². The Morgan fingerprint density at radius 1 is 1.00 bits per heavy atom. The Morgan fingerprint density at radius 2 is 1.67 bits per heavy atom. The predicted molar refractivity (Wildman–Crippen MR) is 118 cm³/mol. The molecule has 4 fully saturated rings. The molecule has 0 amide bonds. The van der Waals surface area contributed by atoms with Crippen LogP contribution >= 0.6 is 0 Å². The lowest BCUT2D eigenvalue weighted by atomic mass is 9.41. The fourth-order valence-electron chi connectivity index (χ4n) is 9.48. The predicted octanol–water partition coefficient (Wildman–Crippen LogP) is 5.11. The Balaban J connectivity index is 1.61. The molecule has 0 heterocycles. The van der Waals surface area contributed by atoms with Crippen molar-refractivity contribution in [3.8, 4) is 0 Å². The molecule has 4 aliphatic rings. The molecule has 0 aromatic carbocycles. The van der Waals surface area contributed by atoms with Gasteiger partial charge in [0, 0.05) is 6.42 Å². The first kappa shape index (κ1) is 22.6. The zero-order valence-electron chi connectivity index (χ0n) is 19.5. The third-order valence-electron chi connectivity index (χ3n) is 11.0. The van der Waals surface area contributed by atoms with Gasteiger partial charge in [0.15, 0.2) is 0 Å². The number of aliphatic carboxylic acids is 1. The zero-order chi connectivity index (χ0) is 21.8. The molecule has 4 saturated carbocycles. The number of carboxylic acids is 1. The SMILES string of the molecule is CC[C@H]1[C@@H](O)C2C(CC[C@@]3(C)C2CC[C@@H]3[C@H](C)CCC(=O)O)C2(C)CC[C@@H](O)C[C@@H]12. The van der Waals surface area contributed by atoms with Gasteiger partial charge in [-0.2, -0.15) is 0 Å². The van der Waals surface area contributed by atoms with Crippen molar-refractivity contribution in [2.24, 2.45) is 52.3 Å². The molecule has 30 heavy (non-hydrogen) atoms. The van der Waals surface area contributed by atoms with Crippen molar-refractivity contribution in [3.63, 3.8) is 0 Å². The second-order valence-corrected chi connectivity index (χ2v) is 12.0. The van der Waals surface area contributed by atoms with Crippen molar-refractivity contribution in [2.75, 3.05) is 0 Å². The van der Waals surface area contributed by atoms with E-state index in [0.29, 0.717) is 41.4 Å². The van der Waals surface area contributed by atoms with Gasteiger partial charge in [-0.15, -0.1) is 0 Å². The van der Waals surface area contributed by atoms with E-state index < -0.39 is 5.97 Å². The summed E-state index contributed by atoms with van der Waals surface area (Å²) in [5, 5.41) is 31.3. The molecule has 4 rings (SSSR count). The van der Waals surface area contributed by atoms with Gasteiger partial charge in [-0.3, -0.25) is 4.79 Å². The molecular weight excluding hydrogens is 376 g/mol. The number of carboxylic acid groups (broad SMARTS) is 1. The van der Waals surface area contributed by atoms with E-state index in [-0.39, 0.29) is 29.5 Å². The molecule has 0 spiro atoms. The molecule has 0 aliphatic heterocycles. The molecular formula is C26H44O4. The van der Waals surface area contributed by atoms with E-state index in [1.807, 2.05) is 0 Å². The van der Waals surface area contributed by atoms with Gasteiger partial charge in [-0.1, -0.05) is 34.1 Å². The summed E-state index contributed by atoms with van der Waals surface area (Å²) in [5.74, 6) is 2.58. The molecule has 11 atom stereocenters. The molecule has 0 radical (unpaired) electrons. The number of fused-ring (bicyclic) bond motifs is 5. The number of hydrogen-bond donors (Lipinski definition) is 3. The summed E-state index contributed by atoms with van der Waals surface area (Å²) in [7, 11) is 0. The number of hydrogen-bond acceptors (Lipinski definition) is 3. The molecule has 4 aliphatic carbocycles. The minimum absolute atomic E-state index is 0.194. The van der Waals surface area contributed by atoms with Crippen molar-refractivity contribution in [2.45, 2.75) is 104 Å². The second kappa shape index (κ2) is 8.06. The smallest absolute Gasteiger partial charge is 0.303 e. The lowest BCUT2D eigenvalue weighted by Crippen LogP contribution is -2.62. The highest BCUT2D eigenvalue weighted by molar-refractivity contribution is 5.66. The number of aliphatic hydroxyl groups is 2. The van der Waals surface area contributed by atoms with Gasteiger partial charge in [-0.05, 0) is 104 Å². The number of aliphatic hydroxyl groups excluding tert-OH is 2. The Kier molecular flexibility index (Phi) is 6.07. The van der Waals surface area contributed by atoms with Crippen LogP contribution < -0.4 is 0 Å². The summed E-state index contributed by atoms with van der Waals surface area (Å²) < 4.78 is 0. The minimum Gasteiger partial charge on any atom is -0.481 e. The quantitative estimate of drug-likeness (QED) is 0.577. The normalized spacial score (nSPS) is 51.5. The first-order valence-electron chi connectivity index (χ1n) is 12.7. The van der Waals surface area contributed by atoms with E-state index in [4.69, 9.17) is 5.11 Å². The van der Waals surface area contributed by atoms with Gasteiger partial charge in [0.05, 0.1) is 12.2 Å². The van der Waals surface area contributed by atoms with E-state index in [1.54, 1.807) is 0 Å². The van der Waals surface area contributed by atoms with E-state index in [0.717, 1.165) is 32.1 Å². The Labute approximate surface area is 182 Å². The molecule has 172 valence electrons. The van der Waals surface area contributed by atoms with Crippen LogP contribution in [0.4, 0.5) is 0 Å². The maximum absolute atomic E-state index is 11.7. The average molecular weight is 421 g/mol.